The standard InChI is InChI=1S/C17H19N3O3/c1-3-12-4-6-14(7-5-12)18-17(22)13-9-16(21)20(10-13)15-8-11(2)23-19-15/h4-8,13H,3,9-10H2,1-2H3,(H,18,22). The summed E-state index contributed by atoms with van der Waals surface area (Å²) in [7, 11) is 0. The molecule has 1 N–H and O–H groups in total. The molecule has 1 aromatic carbocycles. The summed E-state index contributed by atoms with van der Waals surface area (Å²) in [5.74, 6) is 0.460. The zero-order chi connectivity index (χ0) is 16.4. The van der Waals surface area contributed by atoms with Crippen LogP contribution in [-0.4, -0.2) is 23.5 Å². The van der Waals surface area contributed by atoms with Gasteiger partial charge < -0.3 is 9.84 Å². The van der Waals surface area contributed by atoms with E-state index in [1.54, 1.807) is 13.0 Å². The van der Waals surface area contributed by atoms with Crippen molar-refractivity contribution >= 4 is 23.3 Å². The van der Waals surface area contributed by atoms with Gasteiger partial charge in [0.1, 0.15) is 5.76 Å². The van der Waals surface area contributed by atoms with Crippen molar-refractivity contribution in [2.45, 2.75) is 26.7 Å². The molecule has 0 aliphatic carbocycles. The second-order valence-corrected chi connectivity index (χ2v) is 5.74. The van der Waals surface area contributed by atoms with Crippen molar-refractivity contribution in [3.63, 3.8) is 0 Å². The Hall–Kier alpha value is -2.63. The first-order valence-electron chi connectivity index (χ1n) is 7.70. The number of nitrogens with zero attached hydrogens (tertiary/aromatic N) is 2. The fourth-order valence-electron chi connectivity index (χ4n) is 2.65. The van der Waals surface area contributed by atoms with Crippen LogP contribution < -0.4 is 10.2 Å². The lowest BCUT2D eigenvalue weighted by Crippen LogP contribution is -2.28. The van der Waals surface area contributed by atoms with Crippen molar-refractivity contribution in [3.05, 3.63) is 41.7 Å². The Kier molecular flexibility index (Phi) is 4.14. The second kappa shape index (κ2) is 6.24. The molecule has 23 heavy (non-hydrogen) atoms. The summed E-state index contributed by atoms with van der Waals surface area (Å²) in [4.78, 5) is 26.0. The van der Waals surface area contributed by atoms with E-state index in [0.717, 1.165) is 12.1 Å². The average Bonchev–Trinajstić information content (AvgIpc) is 3.14. The number of aryl methyl sites for hydroxylation is 2. The van der Waals surface area contributed by atoms with Gasteiger partial charge in [0.05, 0.1) is 5.92 Å². The van der Waals surface area contributed by atoms with E-state index in [1.807, 2.05) is 24.3 Å². The van der Waals surface area contributed by atoms with Crippen molar-refractivity contribution in [1.29, 1.82) is 0 Å². The van der Waals surface area contributed by atoms with Gasteiger partial charge in [0.2, 0.25) is 11.8 Å². The molecule has 1 aliphatic heterocycles. The van der Waals surface area contributed by atoms with Crippen molar-refractivity contribution in [2.24, 2.45) is 5.92 Å². The number of carbonyl (C=O) groups is 2. The first-order chi connectivity index (χ1) is 11.1. The first kappa shape index (κ1) is 15.3. The Balaban J connectivity index is 1.65. The van der Waals surface area contributed by atoms with E-state index in [4.69, 9.17) is 4.52 Å². The molecular weight excluding hydrogens is 294 g/mol. The first-order valence-corrected chi connectivity index (χ1v) is 7.70. The lowest BCUT2D eigenvalue weighted by atomic mass is 10.1. The van der Waals surface area contributed by atoms with Crippen LogP contribution in [0.25, 0.3) is 0 Å². The number of anilines is 2. The minimum absolute atomic E-state index is 0.111. The minimum atomic E-state index is -0.384. The fourth-order valence-corrected chi connectivity index (χ4v) is 2.65. The predicted octanol–water partition coefficient (Wildman–Crippen LogP) is 2.54. The maximum atomic E-state index is 12.4. The summed E-state index contributed by atoms with van der Waals surface area (Å²) >= 11 is 0. The highest BCUT2D eigenvalue weighted by atomic mass is 16.5. The van der Waals surface area contributed by atoms with Gasteiger partial charge in [-0.15, -0.1) is 0 Å². The van der Waals surface area contributed by atoms with E-state index in [0.29, 0.717) is 18.1 Å². The van der Waals surface area contributed by atoms with Gasteiger partial charge in [-0.3, -0.25) is 14.5 Å². The maximum Gasteiger partial charge on any atom is 0.229 e. The highest BCUT2D eigenvalue weighted by Crippen LogP contribution is 2.25. The summed E-state index contributed by atoms with van der Waals surface area (Å²) in [5.41, 5.74) is 1.96. The summed E-state index contributed by atoms with van der Waals surface area (Å²) in [5, 5.41) is 6.71. The van der Waals surface area contributed by atoms with E-state index in [-0.39, 0.29) is 24.2 Å². The van der Waals surface area contributed by atoms with Crippen LogP contribution in [0.4, 0.5) is 11.5 Å². The molecule has 0 radical (unpaired) electrons. The Morgan fingerprint density at radius 3 is 2.74 bits per heavy atom. The Morgan fingerprint density at radius 1 is 1.39 bits per heavy atom. The predicted molar refractivity (Wildman–Crippen MR) is 86.1 cm³/mol. The molecule has 6 nitrogen and oxygen atoms in total. The Morgan fingerprint density at radius 2 is 2.13 bits per heavy atom. The lowest BCUT2D eigenvalue weighted by Gasteiger charge is -2.13. The fraction of sp³-hybridized carbons (Fsp3) is 0.353. The Labute approximate surface area is 134 Å². The molecule has 0 spiro atoms. The van der Waals surface area contributed by atoms with Crippen LogP contribution in [0.5, 0.6) is 0 Å². The SMILES string of the molecule is CCc1ccc(NC(=O)C2CC(=O)N(c3cc(C)on3)C2)cc1. The van der Waals surface area contributed by atoms with Gasteiger partial charge in [-0.1, -0.05) is 24.2 Å². The van der Waals surface area contributed by atoms with Crippen molar-refractivity contribution in [1.82, 2.24) is 5.16 Å². The molecule has 1 aromatic heterocycles. The topological polar surface area (TPSA) is 75.4 Å². The molecule has 1 unspecified atom stereocenters. The third-order valence-electron chi connectivity index (χ3n) is 4.02. The van der Waals surface area contributed by atoms with Crippen molar-refractivity contribution in [3.8, 4) is 0 Å². The minimum Gasteiger partial charge on any atom is -0.360 e. The van der Waals surface area contributed by atoms with Gasteiger partial charge >= 0.3 is 0 Å². The molecule has 2 amide bonds. The third kappa shape index (κ3) is 3.26. The number of hydrogen-bond acceptors (Lipinski definition) is 4. The molecule has 1 saturated heterocycles. The summed E-state index contributed by atoms with van der Waals surface area (Å²) in [6.45, 7) is 4.17. The van der Waals surface area contributed by atoms with Crippen LogP contribution in [-0.2, 0) is 16.0 Å². The summed E-state index contributed by atoms with van der Waals surface area (Å²) in [6, 6.07) is 9.43. The van der Waals surface area contributed by atoms with E-state index in [2.05, 4.69) is 17.4 Å². The molecule has 2 aromatic rings. The van der Waals surface area contributed by atoms with Crippen LogP contribution in [0.2, 0.25) is 0 Å². The molecule has 1 fully saturated rings. The average molecular weight is 313 g/mol. The van der Waals surface area contributed by atoms with Crippen LogP contribution >= 0.6 is 0 Å². The van der Waals surface area contributed by atoms with Gasteiger partial charge in [-0.25, -0.2) is 0 Å². The number of hydrogen-bond donors (Lipinski definition) is 1. The molecule has 120 valence electrons. The summed E-state index contributed by atoms with van der Waals surface area (Å²) < 4.78 is 4.99. The van der Waals surface area contributed by atoms with Gasteiger partial charge in [-0.2, -0.15) is 0 Å². The molecular formula is C17H19N3O3. The highest BCUT2D eigenvalue weighted by molar-refractivity contribution is 6.03. The molecule has 6 heteroatoms. The number of benzene rings is 1. The quantitative estimate of drug-likeness (QED) is 0.941. The van der Waals surface area contributed by atoms with Gasteiger partial charge in [0.25, 0.3) is 0 Å². The lowest BCUT2D eigenvalue weighted by molar-refractivity contribution is -0.122. The molecule has 3 rings (SSSR count). The number of aromatic nitrogens is 1. The smallest absolute Gasteiger partial charge is 0.229 e. The monoisotopic (exact) mass is 313 g/mol. The third-order valence-corrected chi connectivity index (χ3v) is 4.02. The summed E-state index contributed by atoms with van der Waals surface area (Å²) in [6.07, 6.45) is 1.14. The number of rotatable bonds is 4. The van der Waals surface area contributed by atoms with Crippen LogP contribution in [0.1, 0.15) is 24.7 Å². The molecule has 0 saturated carbocycles. The highest BCUT2D eigenvalue weighted by Gasteiger charge is 2.36. The largest absolute Gasteiger partial charge is 0.360 e. The van der Waals surface area contributed by atoms with Crippen LogP contribution in [0.15, 0.2) is 34.9 Å². The van der Waals surface area contributed by atoms with Gasteiger partial charge in [0, 0.05) is 24.7 Å². The number of amides is 2. The number of carbonyl (C=O) groups excluding carboxylic acids is 2. The van der Waals surface area contributed by atoms with E-state index in [1.165, 1.54) is 10.5 Å². The molecule has 1 atom stereocenters. The molecule has 0 bridgehead atoms. The van der Waals surface area contributed by atoms with Crippen LogP contribution in [0, 0.1) is 12.8 Å². The van der Waals surface area contributed by atoms with Crippen molar-refractivity contribution < 1.29 is 14.1 Å². The zero-order valence-electron chi connectivity index (χ0n) is 13.2. The maximum absolute atomic E-state index is 12.4. The Bertz CT molecular complexity index is 721. The normalized spacial score (nSPS) is 17.6. The number of nitrogens with one attached hydrogen (secondary N) is 1. The zero-order valence-corrected chi connectivity index (χ0v) is 13.2. The van der Waals surface area contributed by atoms with E-state index in [9.17, 15) is 9.59 Å². The van der Waals surface area contributed by atoms with Gasteiger partial charge in [0.15, 0.2) is 5.82 Å². The van der Waals surface area contributed by atoms with E-state index < -0.39 is 0 Å². The van der Waals surface area contributed by atoms with E-state index >= 15 is 0 Å². The molecule has 1 aliphatic rings. The second-order valence-electron chi connectivity index (χ2n) is 5.74. The van der Waals surface area contributed by atoms with Crippen LogP contribution in [0.3, 0.4) is 0 Å². The van der Waals surface area contributed by atoms with Gasteiger partial charge in [-0.05, 0) is 31.0 Å². The molecule has 2 heterocycles. The van der Waals surface area contributed by atoms with Crippen molar-refractivity contribution in [2.75, 3.05) is 16.8 Å².